The second-order valence-corrected chi connectivity index (χ2v) is 6.64. The van der Waals surface area contributed by atoms with E-state index in [0.717, 1.165) is 22.2 Å². The van der Waals surface area contributed by atoms with E-state index in [-0.39, 0.29) is 18.5 Å². The molecule has 4 heteroatoms. The fraction of sp³-hybridized carbons (Fsp3) is 0.0833. The Bertz CT molecular complexity index is 1060. The summed E-state index contributed by atoms with van der Waals surface area (Å²) in [7, 11) is 0. The van der Waals surface area contributed by atoms with Crippen molar-refractivity contribution in [2.75, 3.05) is 0 Å². The number of nitrogens with one attached hydrogen (secondary N) is 1. The third-order valence-corrected chi connectivity index (χ3v) is 4.81. The first-order chi connectivity index (χ1) is 13.8. The van der Waals surface area contributed by atoms with E-state index in [4.69, 9.17) is 0 Å². The zero-order chi connectivity index (χ0) is 19.3. The van der Waals surface area contributed by atoms with Gasteiger partial charge in [0, 0.05) is 0 Å². The van der Waals surface area contributed by atoms with E-state index in [9.17, 15) is 4.79 Å². The van der Waals surface area contributed by atoms with Crippen molar-refractivity contribution in [2.24, 2.45) is 0 Å². The first-order valence-corrected chi connectivity index (χ1v) is 9.27. The predicted molar refractivity (Wildman–Crippen MR) is 111 cm³/mol. The number of carbonyl (C=O) groups is 1. The molecule has 1 N–H and O–H groups in total. The lowest BCUT2D eigenvalue weighted by Crippen LogP contribution is -2.43. The van der Waals surface area contributed by atoms with Crippen molar-refractivity contribution in [2.45, 2.75) is 12.6 Å². The Balaban J connectivity index is 1.62. The Morgan fingerprint density at radius 3 is 2.11 bits per heavy atom. The van der Waals surface area contributed by atoms with Gasteiger partial charge in [0.1, 0.15) is 0 Å². The quantitative estimate of drug-likeness (QED) is 0.515. The highest BCUT2D eigenvalue weighted by Crippen LogP contribution is 2.21. The average molecular weight is 368 g/mol. The number of hydrogen-bond donors (Lipinski definition) is 1. The first-order valence-electron chi connectivity index (χ1n) is 9.27. The highest BCUT2D eigenvalue weighted by molar-refractivity contribution is 5.78. The summed E-state index contributed by atoms with van der Waals surface area (Å²) in [6, 6.07) is 27.9. The summed E-state index contributed by atoms with van der Waals surface area (Å²) < 4.78 is 3.87. The molecular formula is C24H22N3O+. The van der Waals surface area contributed by atoms with Crippen LogP contribution in [-0.4, -0.2) is 10.5 Å². The Morgan fingerprint density at radius 1 is 0.929 bits per heavy atom. The van der Waals surface area contributed by atoms with Crippen LogP contribution < -0.4 is 9.88 Å². The predicted octanol–water partition coefficient (Wildman–Crippen LogP) is 3.94. The molecular weight excluding hydrogens is 346 g/mol. The minimum absolute atomic E-state index is 0.0466. The van der Waals surface area contributed by atoms with Crippen LogP contribution in [0.2, 0.25) is 0 Å². The van der Waals surface area contributed by atoms with Crippen molar-refractivity contribution < 1.29 is 9.36 Å². The lowest BCUT2D eigenvalue weighted by atomic mass is 9.99. The summed E-state index contributed by atoms with van der Waals surface area (Å²) >= 11 is 0. The van der Waals surface area contributed by atoms with Crippen LogP contribution in [0.25, 0.3) is 17.2 Å². The van der Waals surface area contributed by atoms with Gasteiger partial charge in [-0.2, -0.15) is 0 Å². The van der Waals surface area contributed by atoms with Crippen molar-refractivity contribution in [3.63, 3.8) is 0 Å². The number of aromatic nitrogens is 2. The Labute approximate surface area is 164 Å². The molecule has 0 saturated carbocycles. The molecule has 0 radical (unpaired) electrons. The van der Waals surface area contributed by atoms with Crippen LogP contribution in [-0.2, 0) is 11.3 Å². The van der Waals surface area contributed by atoms with Crippen LogP contribution in [0, 0.1) is 0 Å². The lowest BCUT2D eigenvalue weighted by molar-refractivity contribution is -0.659. The molecule has 138 valence electrons. The molecule has 0 fully saturated rings. The number of hydrogen-bond acceptors (Lipinski definition) is 1. The number of nitrogens with zero attached hydrogens (tertiary/aromatic N) is 2. The summed E-state index contributed by atoms with van der Waals surface area (Å²) in [5.74, 6) is -0.0466. The molecule has 1 amide bonds. The lowest BCUT2D eigenvalue weighted by Gasteiger charge is -2.19. The van der Waals surface area contributed by atoms with Gasteiger partial charge in [0.2, 0.25) is 6.33 Å². The van der Waals surface area contributed by atoms with Crippen LogP contribution in [0.5, 0.6) is 0 Å². The molecule has 0 aliphatic carbocycles. The highest BCUT2D eigenvalue weighted by atomic mass is 16.2. The Hall–Kier alpha value is -3.66. The maximum Gasteiger partial charge on any atom is 0.263 e. The standard InChI is InChI=1S/C24H21N3O/c1-2-26-18-27(22-16-10-9-15-21(22)26)17-23(28)25-24(19-11-5-3-6-12-19)20-13-7-4-8-14-20/h2-16,18,24H,1,17H2/p+1. The maximum absolute atomic E-state index is 12.9. The van der Waals surface area contributed by atoms with E-state index in [1.807, 2.05) is 100 Å². The number of para-hydroxylation sites is 2. The van der Waals surface area contributed by atoms with Crippen molar-refractivity contribution in [1.82, 2.24) is 9.88 Å². The number of rotatable bonds is 6. The fourth-order valence-corrected chi connectivity index (χ4v) is 3.48. The number of imidazole rings is 1. The average Bonchev–Trinajstić information content (AvgIpc) is 3.11. The molecule has 0 unspecified atom stereocenters. The topological polar surface area (TPSA) is 37.9 Å². The van der Waals surface area contributed by atoms with Crippen LogP contribution in [0.4, 0.5) is 0 Å². The Morgan fingerprint density at radius 2 is 1.50 bits per heavy atom. The Kier molecular flexibility index (Phi) is 5.02. The van der Waals surface area contributed by atoms with Crippen molar-refractivity contribution in [1.29, 1.82) is 0 Å². The molecule has 0 aliphatic heterocycles. The minimum Gasteiger partial charge on any atom is -0.342 e. The van der Waals surface area contributed by atoms with Gasteiger partial charge >= 0.3 is 0 Å². The van der Waals surface area contributed by atoms with Crippen LogP contribution >= 0.6 is 0 Å². The summed E-state index contributed by atoms with van der Waals surface area (Å²) in [6.07, 6.45) is 3.64. The van der Waals surface area contributed by atoms with Gasteiger partial charge in [-0.25, -0.2) is 9.13 Å². The van der Waals surface area contributed by atoms with Gasteiger partial charge < -0.3 is 5.32 Å². The monoisotopic (exact) mass is 368 g/mol. The second-order valence-electron chi connectivity index (χ2n) is 6.64. The molecule has 1 heterocycles. The number of fused-ring (bicyclic) bond motifs is 1. The molecule has 28 heavy (non-hydrogen) atoms. The summed E-state index contributed by atoms with van der Waals surface area (Å²) in [5.41, 5.74) is 4.13. The third-order valence-electron chi connectivity index (χ3n) is 4.81. The summed E-state index contributed by atoms with van der Waals surface area (Å²) in [6.45, 7) is 4.08. The smallest absolute Gasteiger partial charge is 0.263 e. The van der Waals surface area contributed by atoms with E-state index < -0.39 is 0 Å². The zero-order valence-corrected chi connectivity index (χ0v) is 15.5. The van der Waals surface area contributed by atoms with Gasteiger partial charge in [-0.15, -0.1) is 0 Å². The van der Waals surface area contributed by atoms with E-state index in [2.05, 4.69) is 11.9 Å². The molecule has 0 spiro atoms. The molecule has 0 bridgehead atoms. The third kappa shape index (κ3) is 3.58. The normalized spacial score (nSPS) is 10.9. The molecule has 0 atom stereocenters. The van der Waals surface area contributed by atoms with Crippen molar-refractivity contribution in [3.8, 4) is 0 Å². The second kappa shape index (κ2) is 7.92. The van der Waals surface area contributed by atoms with E-state index in [1.54, 1.807) is 6.20 Å². The van der Waals surface area contributed by atoms with Gasteiger partial charge in [-0.1, -0.05) is 79.4 Å². The van der Waals surface area contributed by atoms with Gasteiger partial charge in [-0.05, 0) is 23.3 Å². The first kappa shape index (κ1) is 17.7. The van der Waals surface area contributed by atoms with Gasteiger partial charge in [0.15, 0.2) is 17.6 Å². The van der Waals surface area contributed by atoms with Crippen LogP contribution in [0.1, 0.15) is 17.2 Å². The number of carbonyl (C=O) groups excluding carboxylic acids is 1. The highest BCUT2D eigenvalue weighted by Gasteiger charge is 2.20. The van der Waals surface area contributed by atoms with Gasteiger partial charge in [0.25, 0.3) is 5.91 Å². The molecule has 0 saturated heterocycles. The molecule has 4 rings (SSSR count). The minimum atomic E-state index is -0.191. The van der Waals surface area contributed by atoms with Gasteiger partial charge in [0.05, 0.1) is 12.2 Å². The summed E-state index contributed by atoms with van der Waals surface area (Å²) in [4.78, 5) is 12.9. The van der Waals surface area contributed by atoms with E-state index in [1.165, 1.54) is 0 Å². The SMILES string of the molecule is C=Cn1c[n+](CC(=O)NC(c2ccccc2)c2ccccc2)c2ccccc21. The zero-order valence-electron chi connectivity index (χ0n) is 15.5. The molecule has 0 aliphatic rings. The summed E-state index contributed by atoms with van der Waals surface area (Å²) in [5, 5.41) is 3.20. The molecule has 3 aromatic carbocycles. The van der Waals surface area contributed by atoms with Crippen molar-refractivity contribution in [3.05, 3.63) is 109 Å². The molecule has 1 aromatic heterocycles. The molecule has 4 aromatic rings. The largest absolute Gasteiger partial charge is 0.342 e. The van der Waals surface area contributed by atoms with E-state index in [0.29, 0.717) is 0 Å². The van der Waals surface area contributed by atoms with Crippen molar-refractivity contribution >= 4 is 23.1 Å². The maximum atomic E-state index is 12.9. The fourth-order valence-electron chi connectivity index (χ4n) is 3.48. The van der Waals surface area contributed by atoms with E-state index >= 15 is 0 Å². The van der Waals surface area contributed by atoms with Crippen LogP contribution in [0.3, 0.4) is 0 Å². The number of benzene rings is 3. The number of amides is 1. The molecule has 4 nitrogen and oxygen atoms in total. The van der Waals surface area contributed by atoms with Gasteiger partial charge in [-0.3, -0.25) is 4.79 Å². The van der Waals surface area contributed by atoms with Crippen LogP contribution in [0.15, 0.2) is 97.8 Å².